The molecular weight excluding hydrogens is 490 g/mol. The lowest BCUT2D eigenvalue weighted by Crippen LogP contribution is -2.26. The maximum Gasteiger partial charge on any atom is 0.392 e. The molecule has 3 atom stereocenters. The topological polar surface area (TPSA) is 146 Å². The van der Waals surface area contributed by atoms with Crippen LogP contribution in [0.5, 0.6) is 0 Å². The summed E-state index contributed by atoms with van der Waals surface area (Å²) in [5.41, 5.74) is 0.355. The number of fused-ring (bicyclic) bond motifs is 1. The molecule has 0 saturated heterocycles. The van der Waals surface area contributed by atoms with Crippen LogP contribution in [-0.2, 0) is 4.57 Å². The van der Waals surface area contributed by atoms with Crippen molar-refractivity contribution in [3.8, 4) is 0 Å². The lowest BCUT2D eigenvalue weighted by atomic mass is 10.0. The molecule has 10 nitrogen and oxygen atoms in total. The van der Waals surface area contributed by atoms with E-state index in [2.05, 4.69) is 20.3 Å². The second kappa shape index (κ2) is 10.5. The van der Waals surface area contributed by atoms with E-state index >= 15 is 0 Å². The van der Waals surface area contributed by atoms with Crippen LogP contribution < -0.4 is 14.7 Å². The number of halogens is 1. The monoisotopic (exact) mass is 516 g/mol. The summed E-state index contributed by atoms with van der Waals surface area (Å²) in [6.07, 6.45) is 2.16. The van der Waals surface area contributed by atoms with Crippen LogP contribution in [0.15, 0.2) is 23.5 Å². The summed E-state index contributed by atoms with van der Waals surface area (Å²) in [5, 5.41) is 21.0. The van der Waals surface area contributed by atoms with Crippen LogP contribution in [0.25, 0.3) is 10.3 Å². The first-order valence-corrected chi connectivity index (χ1v) is 13.8. The highest BCUT2D eigenvalue weighted by atomic mass is 32.2. The molecule has 3 aromatic rings. The SMILES string of the molecule is CC(C)C[C@H](CO)Nc1nc(SC(C)c2ncccc2F)nc2c1sc(=N)n2OP(C)(=O)O. The molecule has 3 rings (SSSR count). The lowest BCUT2D eigenvalue weighted by Gasteiger charge is -2.20. The zero-order valence-corrected chi connectivity index (χ0v) is 21.0. The van der Waals surface area contributed by atoms with Gasteiger partial charge in [-0.25, -0.2) is 13.9 Å². The van der Waals surface area contributed by atoms with E-state index in [1.807, 2.05) is 13.8 Å². The van der Waals surface area contributed by atoms with Crippen molar-refractivity contribution in [3.63, 3.8) is 0 Å². The highest BCUT2D eigenvalue weighted by molar-refractivity contribution is 7.99. The van der Waals surface area contributed by atoms with E-state index in [1.54, 1.807) is 6.92 Å². The molecule has 0 bridgehead atoms. The maximum absolute atomic E-state index is 14.2. The number of pyridine rings is 1. The van der Waals surface area contributed by atoms with Crippen molar-refractivity contribution in [1.29, 1.82) is 5.41 Å². The van der Waals surface area contributed by atoms with Gasteiger partial charge in [0, 0.05) is 6.20 Å². The Morgan fingerprint density at radius 2 is 2.12 bits per heavy atom. The minimum Gasteiger partial charge on any atom is -0.394 e. The Morgan fingerprint density at radius 1 is 1.39 bits per heavy atom. The summed E-state index contributed by atoms with van der Waals surface area (Å²) in [6.45, 7) is 6.68. The zero-order chi connectivity index (χ0) is 24.3. The predicted octanol–water partition coefficient (Wildman–Crippen LogP) is 3.42. The van der Waals surface area contributed by atoms with Gasteiger partial charge in [0.25, 0.3) is 0 Å². The number of thioether (sulfide) groups is 1. The Kier molecular flexibility index (Phi) is 8.12. The predicted molar refractivity (Wildman–Crippen MR) is 126 cm³/mol. The summed E-state index contributed by atoms with van der Waals surface area (Å²) >= 11 is 2.11. The first kappa shape index (κ1) is 25.6. The number of rotatable bonds is 10. The van der Waals surface area contributed by atoms with E-state index in [4.69, 9.17) is 10.0 Å². The van der Waals surface area contributed by atoms with Gasteiger partial charge in [0.2, 0.25) is 4.80 Å². The van der Waals surface area contributed by atoms with Crippen molar-refractivity contribution in [1.82, 2.24) is 19.7 Å². The van der Waals surface area contributed by atoms with Gasteiger partial charge in [-0.1, -0.05) is 36.9 Å². The minimum atomic E-state index is -3.99. The number of aliphatic hydroxyl groups excluding tert-OH is 1. The van der Waals surface area contributed by atoms with E-state index in [1.165, 1.54) is 18.3 Å². The van der Waals surface area contributed by atoms with Gasteiger partial charge >= 0.3 is 7.60 Å². The Labute approximate surface area is 198 Å². The third-order valence-corrected chi connectivity index (χ3v) is 6.78. The fourth-order valence-corrected chi connectivity index (χ4v) is 5.34. The molecule has 0 aliphatic heterocycles. The van der Waals surface area contributed by atoms with Gasteiger partial charge in [0.1, 0.15) is 10.5 Å². The van der Waals surface area contributed by atoms with Crippen molar-refractivity contribution in [2.45, 2.75) is 43.6 Å². The van der Waals surface area contributed by atoms with E-state index in [0.29, 0.717) is 22.9 Å². The van der Waals surface area contributed by atoms with Crippen LogP contribution in [-0.4, -0.2) is 49.0 Å². The highest BCUT2D eigenvalue weighted by Gasteiger charge is 2.24. The van der Waals surface area contributed by atoms with E-state index in [0.717, 1.165) is 34.5 Å². The molecule has 4 N–H and O–H groups in total. The molecule has 0 amide bonds. The number of thiazole rings is 1. The fraction of sp³-hybridized carbons (Fsp3) is 0.474. The Balaban J connectivity index is 2.09. The van der Waals surface area contributed by atoms with Gasteiger partial charge in [-0.2, -0.15) is 4.98 Å². The van der Waals surface area contributed by atoms with Gasteiger partial charge < -0.3 is 19.9 Å². The Bertz CT molecular complexity index is 1230. The van der Waals surface area contributed by atoms with E-state index < -0.39 is 18.7 Å². The molecule has 3 aromatic heterocycles. The third-order valence-electron chi connectivity index (χ3n) is 4.41. The van der Waals surface area contributed by atoms with Crippen LogP contribution >= 0.6 is 30.7 Å². The summed E-state index contributed by atoms with van der Waals surface area (Å²) in [4.78, 5) is 22.6. The van der Waals surface area contributed by atoms with Crippen molar-refractivity contribution in [2.24, 2.45) is 5.92 Å². The summed E-state index contributed by atoms with van der Waals surface area (Å²) in [5.74, 6) is 0.195. The molecule has 0 spiro atoms. The molecule has 33 heavy (non-hydrogen) atoms. The average molecular weight is 517 g/mol. The third kappa shape index (κ3) is 6.51. The number of nitrogens with one attached hydrogen (secondary N) is 2. The molecule has 0 aliphatic carbocycles. The van der Waals surface area contributed by atoms with Gasteiger partial charge in [-0.3, -0.25) is 10.4 Å². The number of hydrogen-bond donors (Lipinski definition) is 4. The molecule has 0 saturated carbocycles. The van der Waals surface area contributed by atoms with Crippen LogP contribution in [0.2, 0.25) is 0 Å². The quantitative estimate of drug-likeness (QED) is 0.181. The largest absolute Gasteiger partial charge is 0.394 e. The lowest BCUT2D eigenvalue weighted by molar-refractivity contribution is 0.235. The van der Waals surface area contributed by atoms with Crippen molar-refractivity contribution < 1.29 is 23.6 Å². The summed E-state index contributed by atoms with van der Waals surface area (Å²) in [7, 11) is -3.99. The smallest absolute Gasteiger partial charge is 0.392 e. The fourth-order valence-electron chi connectivity index (χ4n) is 3.11. The molecule has 2 unspecified atom stereocenters. The van der Waals surface area contributed by atoms with Crippen molar-refractivity contribution >= 4 is 46.9 Å². The molecule has 0 fully saturated rings. The molecule has 14 heteroatoms. The molecule has 3 heterocycles. The molecule has 0 radical (unpaired) electrons. The standard InChI is InChI=1S/C19H26FN6O4PS2/c1-10(2)8-12(9-27)23-16-15-17(26(18(21)33-15)30-31(4,28)29)25-19(24-16)32-11(3)14-13(20)6-5-7-22-14/h5-7,10-12,21,27H,8-9H2,1-4H3,(H,28,29)(H,23,24,25)/t11?,12-/m1/s1. The maximum atomic E-state index is 14.2. The normalized spacial score (nSPS) is 15.4. The molecule has 0 aromatic carbocycles. The number of aliphatic hydroxyl groups is 1. The van der Waals surface area contributed by atoms with Gasteiger partial charge in [-0.05, 0) is 31.4 Å². The van der Waals surface area contributed by atoms with Gasteiger partial charge in [0.15, 0.2) is 16.6 Å². The Morgan fingerprint density at radius 3 is 2.73 bits per heavy atom. The van der Waals surface area contributed by atoms with Gasteiger partial charge in [-0.15, -0.1) is 4.73 Å². The summed E-state index contributed by atoms with van der Waals surface area (Å²) in [6, 6.07) is 2.51. The summed E-state index contributed by atoms with van der Waals surface area (Å²) < 4.78 is 32.5. The van der Waals surface area contributed by atoms with E-state index in [9.17, 15) is 19.0 Å². The first-order chi connectivity index (χ1) is 15.5. The minimum absolute atomic E-state index is 0.121. The first-order valence-electron chi connectivity index (χ1n) is 10.1. The number of nitrogens with zero attached hydrogens (tertiary/aromatic N) is 4. The van der Waals surface area contributed by atoms with Crippen LogP contribution in [0, 0.1) is 17.1 Å². The van der Waals surface area contributed by atoms with Crippen LogP contribution in [0.4, 0.5) is 10.2 Å². The molecular formula is C19H26FN6O4PS2. The van der Waals surface area contributed by atoms with Gasteiger partial charge in [0.05, 0.1) is 30.3 Å². The van der Waals surface area contributed by atoms with Crippen molar-refractivity contribution in [3.05, 3.63) is 34.6 Å². The van der Waals surface area contributed by atoms with Crippen molar-refractivity contribution in [2.75, 3.05) is 18.6 Å². The highest BCUT2D eigenvalue weighted by Crippen LogP contribution is 2.37. The average Bonchev–Trinajstić information content (AvgIpc) is 3.01. The number of aromatic nitrogens is 4. The second-order valence-electron chi connectivity index (χ2n) is 7.88. The Hall–Kier alpha value is -2.05. The number of hydrogen-bond acceptors (Lipinski definition) is 10. The van der Waals surface area contributed by atoms with Crippen LogP contribution in [0.3, 0.4) is 0 Å². The second-order valence-corrected chi connectivity index (χ2v) is 12.0. The van der Waals surface area contributed by atoms with Crippen LogP contribution in [0.1, 0.15) is 38.1 Å². The molecule has 180 valence electrons. The van der Waals surface area contributed by atoms with E-state index in [-0.39, 0.29) is 33.9 Å². The number of anilines is 1. The molecule has 0 aliphatic rings. The zero-order valence-electron chi connectivity index (χ0n) is 18.5.